The van der Waals surface area contributed by atoms with Crippen LogP contribution in [0.3, 0.4) is 0 Å². The Morgan fingerprint density at radius 1 is 1.11 bits per heavy atom. The van der Waals surface area contributed by atoms with Crippen LogP contribution in [0.5, 0.6) is 0 Å². The van der Waals surface area contributed by atoms with E-state index < -0.39 is 0 Å². The Bertz CT molecular complexity index is 1070. The van der Waals surface area contributed by atoms with Crippen molar-refractivity contribution in [3.63, 3.8) is 0 Å². The predicted octanol–water partition coefficient (Wildman–Crippen LogP) is 4.29. The number of thiazole rings is 1. The lowest BCUT2D eigenvalue weighted by molar-refractivity contribution is 0.0956. The summed E-state index contributed by atoms with van der Waals surface area (Å²) in [6, 6.07) is 18.0. The Balaban J connectivity index is 1.33. The largest absolute Gasteiger partial charge is 0.351 e. The molecule has 1 N–H and O–H groups in total. The molecule has 6 heteroatoms. The van der Waals surface area contributed by atoms with Crippen LogP contribution in [0.15, 0.2) is 60.8 Å². The third-order valence-electron chi connectivity index (χ3n) is 4.44. The summed E-state index contributed by atoms with van der Waals surface area (Å²) in [7, 11) is 0. The fourth-order valence-electron chi connectivity index (χ4n) is 3.10. The minimum absolute atomic E-state index is 0.0677. The van der Waals surface area contributed by atoms with E-state index in [-0.39, 0.29) is 5.91 Å². The molecule has 0 aliphatic rings. The standard InChI is InChI=1S/C21H20N4OS/c1-15-24-17-10-5-6-11-18(17)25(15)13-7-12-22-20(26)19-14-23-21(27-19)16-8-3-2-4-9-16/h2-6,8-11,14H,7,12-13H2,1H3,(H,22,26). The average Bonchev–Trinajstić information content (AvgIpc) is 3.31. The molecule has 0 aliphatic heterocycles. The molecule has 0 fully saturated rings. The minimum atomic E-state index is -0.0677. The summed E-state index contributed by atoms with van der Waals surface area (Å²) >= 11 is 1.42. The van der Waals surface area contributed by atoms with Gasteiger partial charge < -0.3 is 9.88 Å². The molecule has 0 unspecified atom stereocenters. The number of nitrogens with one attached hydrogen (secondary N) is 1. The van der Waals surface area contributed by atoms with Crippen LogP contribution in [0.1, 0.15) is 21.9 Å². The maximum Gasteiger partial charge on any atom is 0.263 e. The predicted molar refractivity (Wildman–Crippen MR) is 109 cm³/mol. The number of hydrogen-bond acceptors (Lipinski definition) is 4. The summed E-state index contributed by atoms with van der Waals surface area (Å²) in [6.07, 6.45) is 2.49. The van der Waals surface area contributed by atoms with Gasteiger partial charge in [0.2, 0.25) is 0 Å². The number of benzene rings is 2. The number of aryl methyl sites for hydroxylation is 2. The maximum atomic E-state index is 12.4. The Labute approximate surface area is 161 Å². The van der Waals surface area contributed by atoms with Crippen molar-refractivity contribution < 1.29 is 4.79 Å². The number of carbonyl (C=O) groups excluding carboxylic acids is 1. The molecule has 0 bridgehead atoms. The number of hydrogen-bond donors (Lipinski definition) is 1. The molecule has 27 heavy (non-hydrogen) atoms. The molecular formula is C21H20N4OS. The van der Waals surface area contributed by atoms with Crippen molar-refractivity contribution in [2.45, 2.75) is 19.9 Å². The van der Waals surface area contributed by atoms with Gasteiger partial charge in [-0.05, 0) is 25.5 Å². The second-order valence-electron chi connectivity index (χ2n) is 6.30. The molecule has 0 saturated heterocycles. The van der Waals surface area contributed by atoms with Crippen LogP contribution in [-0.4, -0.2) is 27.0 Å². The van der Waals surface area contributed by atoms with Gasteiger partial charge in [-0.25, -0.2) is 9.97 Å². The first-order valence-corrected chi connectivity index (χ1v) is 9.75. The van der Waals surface area contributed by atoms with E-state index >= 15 is 0 Å². The highest BCUT2D eigenvalue weighted by Gasteiger charge is 2.11. The van der Waals surface area contributed by atoms with E-state index in [2.05, 4.69) is 25.9 Å². The van der Waals surface area contributed by atoms with Crippen LogP contribution in [0.2, 0.25) is 0 Å². The number of imidazole rings is 1. The van der Waals surface area contributed by atoms with Gasteiger partial charge in [0.1, 0.15) is 15.7 Å². The van der Waals surface area contributed by atoms with Gasteiger partial charge in [0.05, 0.1) is 17.2 Å². The van der Waals surface area contributed by atoms with Crippen molar-refractivity contribution >= 4 is 28.3 Å². The zero-order chi connectivity index (χ0) is 18.6. The lowest BCUT2D eigenvalue weighted by Crippen LogP contribution is -2.24. The molecular weight excluding hydrogens is 356 g/mol. The van der Waals surface area contributed by atoms with Crippen molar-refractivity contribution in [3.05, 3.63) is 71.5 Å². The van der Waals surface area contributed by atoms with Crippen LogP contribution < -0.4 is 5.32 Å². The summed E-state index contributed by atoms with van der Waals surface area (Å²) in [5.74, 6) is 0.930. The van der Waals surface area contributed by atoms with E-state index in [0.29, 0.717) is 11.4 Å². The van der Waals surface area contributed by atoms with Crippen LogP contribution >= 0.6 is 11.3 Å². The zero-order valence-corrected chi connectivity index (χ0v) is 15.9. The SMILES string of the molecule is Cc1nc2ccccc2n1CCCNC(=O)c1cnc(-c2ccccc2)s1. The number of para-hydroxylation sites is 2. The van der Waals surface area contributed by atoms with Crippen molar-refractivity contribution in [2.75, 3.05) is 6.54 Å². The first kappa shape index (κ1) is 17.4. The molecule has 4 aromatic rings. The van der Waals surface area contributed by atoms with Crippen molar-refractivity contribution in [3.8, 4) is 10.6 Å². The number of amides is 1. The molecule has 2 aromatic heterocycles. The lowest BCUT2D eigenvalue weighted by Gasteiger charge is -2.07. The summed E-state index contributed by atoms with van der Waals surface area (Å²) in [6.45, 7) is 3.45. The van der Waals surface area contributed by atoms with Crippen molar-refractivity contribution in [1.29, 1.82) is 0 Å². The molecule has 2 aromatic carbocycles. The number of fused-ring (bicyclic) bond motifs is 1. The first-order chi connectivity index (χ1) is 13.2. The van der Waals surface area contributed by atoms with Gasteiger partial charge in [-0.3, -0.25) is 4.79 Å². The average molecular weight is 376 g/mol. The summed E-state index contributed by atoms with van der Waals surface area (Å²) in [4.78, 5) is 21.9. The smallest absolute Gasteiger partial charge is 0.263 e. The van der Waals surface area contributed by atoms with Crippen LogP contribution in [0.4, 0.5) is 0 Å². The second kappa shape index (κ2) is 7.72. The van der Waals surface area contributed by atoms with E-state index in [1.54, 1.807) is 6.20 Å². The number of aromatic nitrogens is 3. The maximum absolute atomic E-state index is 12.4. The molecule has 1 amide bonds. The van der Waals surface area contributed by atoms with E-state index in [1.807, 2.05) is 55.5 Å². The van der Waals surface area contributed by atoms with Gasteiger partial charge in [0, 0.05) is 18.7 Å². The fraction of sp³-hybridized carbons (Fsp3) is 0.190. The van der Waals surface area contributed by atoms with E-state index in [1.165, 1.54) is 11.3 Å². The third-order valence-corrected chi connectivity index (χ3v) is 5.48. The highest BCUT2D eigenvalue weighted by molar-refractivity contribution is 7.16. The quantitative estimate of drug-likeness (QED) is 0.511. The fourth-order valence-corrected chi connectivity index (χ4v) is 3.94. The van der Waals surface area contributed by atoms with Gasteiger partial charge in [-0.1, -0.05) is 42.5 Å². The normalized spacial score (nSPS) is 11.0. The molecule has 136 valence electrons. The molecule has 0 saturated carbocycles. The summed E-state index contributed by atoms with van der Waals surface area (Å²) in [5, 5.41) is 3.85. The van der Waals surface area contributed by atoms with Crippen molar-refractivity contribution in [2.24, 2.45) is 0 Å². The Kier molecular flexibility index (Phi) is 4.98. The van der Waals surface area contributed by atoms with E-state index in [9.17, 15) is 4.79 Å². The van der Waals surface area contributed by atoms with Gasteiger partial charge in [0.15, 0.2) is 0 Å². The van der Waals surface area contributed by atoms with Gasteiger partial charge in [0.25, 0.3) is 5.91 Å². The van der Waals surface area contributed by atoms with Crippen LogP contribution in [0.25, 0.3) is 21.6 Å². The van der Waals surface area contributed by atoms with Gasteiger partial charge >= 0.3 is 0 Å². The highest BCUT2D eigenvalue weighted by Crippen LogP contribution is 2.24. The number of carbonyl (C=O) groups is 1. The Hall–Kier alpha value is -2.99. The zero-order valence-electron chi connectivity index (χ0n) is 15.1. The topological polar surface area (TPSA) is 59.8 Å². The number of nitrogens with zero attached hydrogens (tertiary/aromatic N) is 3. The van der Waals surface area contributed by atoms with Crippen molar-refractivity contribution in [1.82, 2.24) is 19.9 Å². The molecule has 4 rings (SSSR count). The first-order valence-electron chi connectivity index (χ1n) is 8.94. The monoisotopic (exact) mass is 376 g/mol. The highest BCUT2D eigenvalue weighted by atomic mass is 32.1. The van der Waals surface area contributed by atoms with Gasteiger partial charge in [-0.15, -0.1) is 11.3 Å². The molecule has 0 aliphatic carbocycles. The van der Waals surface area contributed by atoms with E-state index in [0.717, 1.165) is 40.4 Å². The lowest BCUT2D eigenvalue weighted by atomic mass is 10.2. The summed E-state index contributed by atoms with van der Waals surface area (Å²) < 4.78 is 2.20. The van der Waals surface area contributed by atoms with Gasteiger partial charge in [-0.2, -0.15) is 0 Å². The van der Waals surface area contributed by atoms with E-state index in [4.69, 9.17) is 0 Å². The molecule has 0 atom stereocenters. The minimum Gasteiger partial charge on any atom is -0.351 e. The molecule has 5 nitrogen and oxygen atoms in total. The number of rotatable bonds is 6. The van der Waals surface area contributed by atoms with Crippen LogP contribution in [-0.2, 0) is 6.54 Å². The third kappa shape index (κ3) is 3.75. The molecule has 0 radical (unpaired) electrons. The molecule has 2 heterocycles. The molecule has 0 spiro atoms. The Morgan fingerprint density at radius 2 is 1.89 bits per heavy atom. The van der Waals surface area contributed by atoms with Crippen LogP contribution in [0, 0.1) is 6.92 Å². The second-order valence-corrected chi connectivity index (χ2v) is 7.34. The Morgan fingerprint density at radius 3 is 2.74 bits per heavy atom. The summed E-state index contributed by atoms with van der Waals surface area (Å²) in [5.41, 5.74) is 3.18.